The Morgan fingerprint density at radius 1 is 1.10 bits per heavy atom. The van der Waals surface area contributed by atoms with Crippen LogP contribution in [-0.2, 0) is 20.7 Å². The Hall–Kier alpha value is -3.03. The summed E-state index contributed by atoms with van der Waals surface area (Å²) in [5.41, 5.74) is 3.88. The van der Waals surface area contributed by atoms with Crippen molar-refractivity contribution in [1.29, 1.82) is 0 Å². The van der Waals surface area contributed by atoms with Crippen LogP contribution in [0.2, 0.25) is 0 Å². The minimum Gasteiger partial charge on any atom is -0.460 e. The van der Waals surface area contributed by atoms with E-state index in [1.165, 1.54) is 17.7 Å². The second-order valence-electron chi connectivity index (χ2n) is 12.0. The van der Waals surface area contributed by atoms with Crippen LogP contribution in [0.5, 0.6) is 0 Å². The van der Waals surface area contributed by atoms with Gasteiger partial charge in [0.25, 0.3) is 0 Å². The molecule has 2 aliphatic heterocycles. The maximum absolute atomic E-state index is 12.9. The SMILES string of the molecule is CC(C)(C)OC(=O)C[C@H](CN1CC[C@@H](CCc2ccc3cccnc3n2)C1)c1cccc(N2CCOCC2)c1. The molecule has 208 valence electrons. The highest BCUT2D eigenvalue weighted by Gasteiger charge is 2.28. The van der Waals surface area contributed by atoms with Crippen molar-refractivity contribution in [3.05, 3.63) is 66.0 Å². The third-order valence-corrected chi connectivity index (χ3v) is 7.73. The summed E-state index contributed by atoms with van der Waals surface area (Å²) in [5.74, 6) is 0.594. The van der Waals surface area contributed by atoms with E-state index in [1.54, 1.807) is 6.20 Å². The van der Waals surface area contributed by atoms with Crippen LogP contribution in [0.15, 0.2) is 54.7 Å². The summed E-state index contributed by atoms with van der Waals surface area (Å²) in [6.45, 7) is 12.1. The van der Waals surface area contributed by atoms with Crippen LogP contribution in [0.1, 0.15) is 57.2 Å². The molecule has 0 spiro atoms. The normalized spacial score (nSPS) is 19.4. The lowest BCUT2D eigenvalue weighted by molar-refractivity contribution is -0.155. The van der Waals surface area contributed by atoms with Gasteiger partial charge in [-0.05, 0) is 94.5 Å². The average molecular weight is 531 g/mol. The summed E-state index contributed by atoms with van der Waals surface area (Å²) < 4.78 is 11.3. The second-order valence-corrected chi connectivity index (χ2v) is 12.0. The number of pyridine rings is 2. The van der Waals surface area contributed by atoms with E-state index in [-0.39, 0.29) is 11.9 Å². The first kappa shape index (κ1) is 27.5. The minimum absolute atomic E-state index is 0.0906. The van der Waals surface area contributed by atoms with Crippen molar-refractivity contribution in [3.63, 3.8) is 0 Å². The molecule has 0 saturated carbocycles. The van der Waals surface area contributed by atoms with Crippen molar-refractivity contribution in [2.24, 2.45) is 5.92 Å². The molecule has 2 aromatic heterocycles. The Balaban J connectivity index is 1.23. The summed E-state index contributed by atoms with van der Waals surface area (Å²) in [5, 5.41) is 1.09. The van der Waals surface area contributed by atoms with E-state index in [4.69, 9.17) is 14.5 Å². The molecule has 39 heavy (non-hydrogen) atoms. The predicted molar refractivity (Wildman–Crippen MR) is 155 cm³/mol. The van der Waals surface area contributed by atoms with Gasteiger partial charge in [0.15, 0.2) is 5.65 Å². The van der Waals surface area contributed by atoms with Crippen LogP contribution in [-0.4, -0.2) is 72.4 Å². The first-order chi connectivity index (χ1) is 18.8. The highest BCUT2D eigenvalue weighted by Crippen LogP contribution is 2.30. The second kappa shape index (κ2) is 12.4. The smallest absolute Gasteiger partial charge is 0.306 e. The minimum atomic E-state index is -0.484. The van der Waals surface area contributed by atoms with Crippen molar-refractivity contribution < 1.29 is 14.3 Å². The number of ether oxygens (including phenoxy) is 2. The van der Waals surface area contributed by atoms with Gasteiger partial charge in [0.1, 0.15) is 5.60 Å². The molecule has 1 aromatic carbocycles. The standard InChI is InChI=1S/C32H42N4O3/c1-32(2,3)39-30(37)21-27(26-6-4-8-29(20-26)36-16-18-38-19-17-36)23-35-15-13-24(22-35)9-11-28-12-10-25-7-5-14-33-31(25)34-28/h4-8,10,12,14,20,24,27H,9,11,13,15-19,21-23H2,1-3H3/t24-,27-/m1/s1. The molecule has 2 atom stereocenters. The molecule has 2 aliphatic rings. The van der Waals surface area contributed by atoms with Gasteiger partial charge >= 0.3 is 5.97 Å². The summed E-state index contributed by atoms with van der Waals surface area (Å²) in [6.07, 6.45) is 5.45. The van der Waals surface area contributed by atoms with Crippen LogP contribution in [0.4, 0.5) is 5.69 Å². The van der Waals surface area contributed by atoms with Crippen molar-refractivity contribution >= 4 is 22.7 Å². The van der Waals surface area contributed by atoms with Crippen molar-refractivity contribution in [2.75, 3.05) is 50.8 Å². The molecule has 0 N–H and O–H groups in total. The molecule has 0 radical (unpaired) electrons. The van der Waals surface area contributed by atoms with Gasteiger partial charge in [-0.2, -0.15) is 0 Å². The Labute approximate surface area is 232 Å². The van der Waals surface area contributed by atoms with Gasteiger partial charge in [-0.1, -0.05) is 12.1 Å². The number of rotatable bonds is 9. The van der Waals surface area contributed by atoms with Gasteiger partial charge in [0.2, 0.25) is 0 Å². The van der Waals surface area contributed by atoms with Gasteiger partial charge in [0.05, 0.1) is 19.6 Å². The van der Waals surface area contributed by atoms with E-state index in [9.17, 15) is 4.79 Å². The number of hydrogen-bond donors (Lipinski definition) is 0. The molecule has 3 aromatic rings. The maximum atomic E-state index is 12.9. The Morgan fingerprint density at radius 3 is 2.77 bits per heavy atom. The third kappa shape index (κ3) is 7.76. The van der Waals surface area contributed by atoms with E-state index < -0.39 is 5.60 Å². The molecule has 0 amide bonds. The molecule has 0 bridgehead atoms. The fourth-order valence-electron chi connectivity index (χ4n) is 5.78. The molecule has 0 unspecified atom stereocenters. The summed E-state index contributed by atoms with van der Waals surface area (Å²) >= 11 is 0. The number of carbonyl (C=O) groups is 1. The molecule has 5 rings (SSSR count). The topological polar surface area (TPSA) is 67.8 Å². The Kier molecular flexibility index (Phi) is 8.78. The van der Waals surface area contributed by atoms with Gasteiger partial charge in [-0.3, -0.25) is 4.79 Å². The van der Waals surface area contributed by atoms with E-state index in [1.807, 2.05) is 26.8 Å². The number of morpholine rings is 1. The number of nitrogens with zero attached hydrogens (tertiary/aromatic N) is 4. The van der Waals surface area contributed by atoms with E-state index in [0.29, 0.717) is 12.3 Å². The highest BCUT2D eigenvalue weighted by molar-refractivity contribution is 5.74. The van der Waals surface area contributed by atoms with Crippen molar-refractivity contribution in [3.8, 4) is 0 Å². The van der Waals surface area contributed by atoms with Crippen LogP contribution >= 0.6 is 0 Å². The molecular formula is C32H42N4O3. The Bertz CT molecular complexity index is 1250. The zero-order valence-corrected chi connectivity index (χ0v) is 23.6. The number of esters is 1. The van der Waals surface area contributed by atoms with Crippen LogP contribution in [0, 0.1) is 5.92 Å². The van der Waals surface area contributed by atoms with Gasteiger partial charge in [-0.15, -0.1) is 0 Å². The zero-order valence-electron chi connectivity index (χ0n) is 23.6. The lowest BCUT2D eigenvalue weighted by Gasteiger charge is -2.30. The van der Waals surface area contributed by atoms with Gasteiger partial charge < -0.3 is 19.3 Å². The first-order valence-electron chi connectivity index (χ1n) is 14.4. The fraction of sp³-hybridized carbons (Fsp3) is 0.531. The average Bonchev–Trinajstić information content (AvgIpc) is 3.38. The number of fused-ring (bicyclic) bond motifs is 1. The number of aromatic nitrogens is 2. The quantitative estimate of drug-likeness (QED) is 0.351. The van der Waals surface area contributed by atoms with Crippen molar-refractivity contribution in [1.82, 2.24) is 14.9 Å². The summed E-state index contributed by atoms with van der Waals surface area (Å²) in [7, 11) is 0. The molecule has 2 saturated heterocycles. The number of anilines is 1. The number of carbonyl (C=O) groups excluding carboxylic acids is 1. The third-order valence-electron chi connectivity index (χ3n) is 7.73. The molecule has 7 nitrogen and oxygen atoms in total. The van der Waals surface area contributed by atoms with Gasteiger partial charge in [-0.25, -0.2) is 9.97 Å². The fourth-order valence-corrected chi connectivity index (χ4v) is 5.78. The molecular weight excluding hydrogens is 488 g/mol. The van der Waals surface area contributed by atoms with Crippen LogP contribution in [0.25, 0.3) is 11.0 Å². The van der Waals surface area contributed by atoms with Crippen LogP contribution in [0.3, 0.4) is 0 Å². The molecule has 0 aliphatic carbocycles. The van der Waals surface area contributed by atoms with E-state index in [2.05, 4.69) is 57.2 Å². The van der Waals surface area contributed by atoms with Crippen LogP contribution < -0.4 is 4.90 Å². The summed E-state index contributed by atoms with van der Waals surface area (Å²) in [6, 6.07) is 17.0. The number of hydrogen-bond acceptors (Lipinski definition) is 7. The number of aryl methyl sites for hydroxylation is 1. The lowest BCUT2D eigenvalue weighted by atomic mass is 9.94. The monoisotopic (exact) mass is 530 g/mol. The highest BCUT2D eigenvalue weighted by atomic mass is 16.6. The first-order valence-corrected chi connectivity index (χ1v) is 14.4. The van der Waals surface area contributed by atoms with E-state index in [0.717, 1.165) is 75.5 Å². The summed E-state index contributed by atoms with van der Waals surface area (Å²) in [4.78, 5) is 27.0. The predicted octanol–water partition coefficient (Wildman–Crippen LogP) is 5.24. The number of benzene rings is 1. The van der Waals surface area contributed by atoms with Gasteiger partial charge in [0, 0.05) is 55.1 Å². The largest absolute Gasteiger partial charge is 0.460 e. The molecule has 4 heterocycles. The number of likely N-dealkylation sites (tertiary alicyclic amines) is 1. The molecule has 7 heteroatoms. The maximum Gasteiger partial charge on any atom is 0.306 e. The Morgan fingerprint density at radius 2 is 1.95 bits per heavy atom. The zero-order chi connectivity index (χ0) is 27.2. The lowest BCUT2D eigenvalue weighted by Crippen LogP contribution is -2.36. The van der Waals surface area contributed by atoms with Crippen molar-refractivity contribution in [2.45, 2.75) is 58.0 Å². The molecule has 2 fully saturated rings. The van der Waals surface area contributed by atoms with E-state index >= 15 is 0 Å².